The molecule has 13 aromatic rings. The Morgan fingerprint density at radius 1 is 0.390 bits per heavy atom. The van der Waals surface area contributed by atoms with Crippen molar-refractivity contribution in [3.05, 3.63) is 194 Å². The van der Waals surface area contributed by atoms with Crippen molar-refractivity contribution >= 4 is 87.2 Å². The van der Waals surface area contributed by atoms with E-state index in [1.54, 1.807) is 0 Å². The highest BCUT2D eigenvalue weighted by Crippen LogP contribution is 2.45. The number of benzene rings is 9. The van der Waals surface area contributed by atoms with Gasteiger partial charge in [0, 0.05) is 54.3 Å². The zero-order chi connectivity index (χ0) is 38.6. The molecular formula is C54H32N4O. The minimum Gasteiger partial charge on any atom is -0.455 e. The summed E-state index contributed by atoms with van der Waals surface area (Å²) in [6.07, 6.45) is 0. The SMILES string of the molecule is c1ccc(-c2cc(-c3nc(-n4c5ccccc5c5c6c7ccccc7n(-c7ccccc7)c6ccc54)nc4ccccc34)c3c(c2)oc2c4ccccc4ccc23)cc1. The number of hydrogen-bond donors (Lipinski definition) is 0. The van der Waals surface area contributed by atoms with E-state index in [1.807, 2.05) is 0 Å². The standard InChI is InChI=1S/C54H32N4O/c1-3-15-33(16-4-1)35-31-42(49-41-28-27-34-17-7-8-20-37(34)53(41)59-48(49)32-35)52-38-21-9-12-24-43(38)55-54(56-52)58-45-26-14-11-23-40(45)51-47(58)30-29-46-50(51)39-22-10-13-25-44(39)57(46)36-18-5-2-6-19-36/h1-32H. The van der Waals surface area contributed by atoms with Crippen LogP contribution in [0.1, 0.15) is 0 Å². The smallest absolute Gasteiger partial charge is 0.235 e. The van der Waals surface area contributed by atoms with Crippen molar-refractivity contribution in [3.8, 4) is 34.0 Å². The summed E-state index contributed by atoms with van der Waals surface area (Å²) in [5.74, 6) is 0.618. The first kappa shape index (κ1) is 32.1. The van der Waals surface area contributed by atoms with E-state index in [1.165, 1.54) is 21.7 Å². The molecule has 0 saturated carbocycles. The van der Waals surface area contributed by atoms with Crippen molar-refractivity contribution in [3.63, 3.8) is 0 Å². The molecule has 0 N–H and O–H groups in total. The van der Waals surface area contributed by atoms with Crippen LogP contribution in [0.3, 0.4) is 0 Å². The Hall–Kier alpha value is -8.02. The van der Waals surface area contributed by atoms with E-state index in [2.05, 4.69) is 203 Å². The van der Waals surface area contributed by atoms with E-state index in [-0.39, 0.29) is 0 Å². The number of para-hydroxylation sites is 4. The monoisotopic (exact) mass is 752 g/mol. The number of fused-ring (bicyclic) bond motifs is 13. The summed E-state index contributed by atoms with van der Waals surface area (Å²) >= 11 is 0. The first-order valence-electron chi connectivity index (χ1n) is 20.0. The second-order valence-corrected chi connectivity index (χ2v) is 15.3. The molecule has 9 aromatic carbocycles. The zero-order valence-electron chi connectivity index (χ0n) is 31.7. The maximum Gasteiger partial charge on any atom is 0.235 e. The second-order valence-electron chi connectivity index (χ2n) is 15.3. The molecule has 5 heteroatoms. The van der Waals surface area contributed by atoms with E-state index >= 15 is 0 Å². The topological polar surface area (TPSA) is 48.8 Å². The molecule has 59 heavy (non-hydrogen) atoms. The van der Waals surface area contributed by atoms with Crippen LogP contribution in [0.2, 0.25) is 0 Å². The fourth-order valence-corrected chi connectivity index (χ4v) is 9.58. The molecule has 0 aliphatic carbocycles. The number of aromatic nitrogens is 4. The van der Waals surface area contributed by atoms with Crippen LogP contribution in [0.4, 0.5) is 0 Å². The highest BCUT2D eigenvalue weighted by molar-refractivity contribution is 6.29. The molecular weight excluding hydrogens is 721 g/mol. The molecule has 0 atom stereocenters. The van der Waals surface area contributed by atoms with E-state index < -0.39 is 0 Å². The minimum atomic E-state index is 0.618. The predicted octanol–water partition coefficient (Wildman–Crippen LogP) is 14.2. The summed E-state index contributed by atoms with van der Waals surface area (Å²) in [5.41, 5.74) is 12.2. The first-order chi connectivity index (χ1) is 29.3. The normalized spacial score (nSPS) is 12.1. The minimum absolute atomic E-state index is 0.618. The zero-order valence-corrected chi connectivity index (χ0v) is 31.7. The van der Waals surface area contributed by atoms with Gasteiger partial charge in [0.1, 0.15) is 11.2 Å². The van der Waals surface area contributed by atoms with E-state index in [0.29, 0.717) is 5.95 Å². The Kier molecular flexibility index (Phi) is 6.66. The first-order valence-corrected chi connectivity index (χ1v) is 20.0. The van der Waals surface area contributed by atoms with Crippen molar-refractivity contribution in [1.29, 1.82) is 0 Å². The van der Waals surface area contributed by atoms with Crippen molar-refractivity contribution in [2.24, 2.45) is 0 Å². The van der Waals surface area contributed by atoms with E-state index in [9.17, 15) is 0 Å². The lowest BCUT2D eigenvalue weighted by Gasteiger charge is -2.14. The third-order valence-corrected chi connectivity index (χ3v) is 12.1. The van der Waals surface area contributed by atoms with Crippen LogP contribution >= 0.6 is 0 Å². The van der Waals surface area contributed by atoms with Crippen molar-refractivity contribution in [2.45, 2.75) is 0 Å². The quantitative estimate of drug-likeness (QED) is 0.180. The van der Waals surface area contributed by atoms with Gasteiger partial charge in [0.25, 0.3) is 0 Å². The summed E-state index contributed by atoms with van der Waals surface area (Å²) in [4.78, 5) is 11.0. The van der Waals surface area contributed by atoms with E-state index in [4.69, 9.17) is 14.4 Å². The highest BCUT2D eigenvalue weighted by Gasteiger charge is 2.24. The maximum atomic E-state index is 6.88. The molecule has 0 aliphatic rings. The van der Waals surface area contributed by atoms with Crippen molar-refractivity contribution in [2.75, 3.05) is 0 Å². The maximum absolute atomic E-state index is 6.88. The highest BCUT2D eigenvalue weighted by atomic mass is 16.3. The average Bonchev–Trinajstić information content (AvgIpc) is 3.97. The van der Waals surface area contributed by atoms with Gasteiger partial charge in [-0.25, -0.2) is 9.97 Å². The fourth-order valence-electron chi connectivity index (χ4n) is 9.58. The lowest BCUT2D eigenvalue weighted by atomic mass is 9.95. The molecule has 0 aliphatic heterocycles. The molecule has 274 valence electrons. The van der Waals surface area contributed by atoms with Crippen LogP contribution in [-0.2, 0) is 0 Å². The fraction of sp³-hybridized carbons (Fsp3) is 0. The molecule has 0 saturated heterocycles. The molecule has 4 heterocycles. The summed E-state index contributed by atoms with van der Waals surface area (Å²) in [6, 6.07) is 68.7. The summed E-state index contributed by atoms with van der Waals surface area (Å²) in [5, 5.41) is 10.1. The van der Waals surface area contributed by atoms with Crippen molar-refractivity contribution < 1.29 is 4.42 Å². The predicted molar refractivity (Wildman–Crippen MR) is 244 cm³/mol. The summed E-state index contributed by atoms with van der Waals surface area (Å²) in [6.45, 7) is 0. The molecule has 0 amide bonds. The molecule has 4 aromatic heterocycles. The van der Waals surface area contributed by atoms with Crippen molar-refractivity contribution in [1.82, 2.24) is 19.1 Å². The van der Waals surface area contributed by atoms with Gasteiger partial charge in [0.05, 0.1) is 33.3 Å². The lowest BCUT2D eigenvalue weighted by molar-refractivity contribution is 0.673. The summed E-state index contributed by atoms with van der Waals surface area (Å²) < 4.78 is 11.5. The van der Waals surface area contributed by atoms with E-state index in [0.717, 1.165) is 93.6 Å². The second kappa shape index (κ2) is 12.2. The third-order valence-electron chi connectivity index (χ3n) is 12.1. The third kappa shape index (κ3) is 4.61. The molecule has 0 radical (unpaired) electrons. The molecule has 0 spiro atoms. The van der Waals surface area contributed by atoms with Crippen LogP contribution in [-0.4, -0.2) is 19.1 Å². The lowest BCUT2D eigenvalue weighted by Crippen LogP contribution is -2.03. The number of furan rings is 1. The number of hydrogen-bond acceptors (Lipinski definition) is 3. The molecule has 0 bridgehead atoms. The van der Waals surface area contributed by atoms with Gasteiger partial charge in [-0.15, -0.1) is 0 Å². The van der Waals surface area contributed by atoms with Gasteiger partial charge < -0.3 is 8.98 Å². The van der Waals surface area contributed by atoms with Crippen LogP contribution in [0, 0.1) is 0 Å². The van der Waals surface area contributed by atoms with Crippen LogP contribution < -0.4 is 0 Å². The Labute approximate surface area is 337 Å². The Morgan fingerprint density at radius 3 is 1.76 bits per heavy atom. The van der Waals surface area contributed by atoms with Gasteiger partial charge in [0.2, 0.25) is 5.95 Å². The number of rotatable bonds is 4. The van der Waals surface area contributed by atoms with Gasteiger partial charge in [-0.2, -0.15) is 0 Å². The van der Waals surface area contributed by atoms with Crippen LogP contribution in [0.25, 0.3) is 121 Å². The van der Waals surface area contributed by atoms with Crippen LogP contribution in [0.5, 0.6) is 0 Å². The van der Waals surface area contributed by atoms with Gasteiger partial charge >= 0.3 is 0 Å². The molecule has 5 nitrogen and oxygen atoms in total. The Morgan fingerprint density at radius 2 is 1.00 bits per heavy atom. The van der Waals surface area contributed by atoms with Gasteiger partial charge in [-0.3, -0.25) is 4.57 Å². The van der Waals surface area contributed by atoms with Crippen LogP contribution in [0.15, 0.2) is 199 Å². The average molecular weight is 753 g/mol. The number of nitrogens with zero attached hydrogens (tertiary/aromatic N) is 4. The molecule has 13 rings (SSSR count). The summed E-state index contributed by atoms with van der Waals surface area (Å²) in [7, 11) is 0. The molecule has 0 fully saturated rings. The Balaban J connectivity index is 1.15. The van der Waals surface area contributed by atoms with Gasteiger partial charge in [-0.05, 0) is 77.2 Å². The molecule has 0 unspecified atom stereocenters. The largest absolute Gasteiger partial charge is 0.455 e. The van der Waals surface area contributed by atoms with Gasteiger partial charge in [0.15, 0.2) is 0 Å². The van der Waals surface area contributed by atoms with Gasteiger partial charge in [-0.1, -0.05) is 133 Å². The Bertz CT molecular complexity index is 3840.